The van der Waals surface area contributed by atoms with Crippen molar-refractivity contribution in [2.75, 3.05) is 5.32 Å². The van der Waals surface area contributed by atoms with Crippen LogP contribution in [0.25, 0.3) is 0 Å². The highest BCUT2D eigenvalue weighted by atomic mass is 16.3. The second kappa shape index (κ2) is 4.43. The van der Waals surface area contributed by atoms with Crippen molar-refractivity contribution in [3.05, 3.63) is 35.0 Å². The highest BCUT2D eigenvalue weighted by molar-refractivity contribution is 5.51. The van der Waals surface area contributed by atoms with E-state index in [0.29, 0.717) is 6.54 Å². The molecule has 16 heavy (non-hydrogen) atoms. The zero-order valence-corrected chi connectivity index (χ0v) is 9.92. The van der Waals surface area contributed by atoms with Crippen LogP contribution in [0.2, 0.25) is 0 Å². The minimum Gasteiger partial charge on any atom is -0.464 e. The smallest absolute Gasteiger partial charge is 0.123 e. The molecule has 0 aliphatic carbocycles. The molecule has 0 spiro atoms. The third-order valence-corrected chi connectivity index (χ3v) is 2.63. The minimum absolute atomic E-state index is 0.696. The summed E-state index contributed by atoms with van der Waals surface area (Å²) in [5.74, 6) is 1.98. The number of nitrogens with zero attached hydrogens (tertiary/aromatic N) is 1. The molecule has 0 radical (unpaired) electrons. The summed E-state index contributed by atoms with van der Waals surface area (Å²) in [4.78, 5) is 0. The molecule has 0 aliphatic heterocycles. The first-order valence-corrected chi connectivity index (χ1v) is 5.53. The number of hydrogen-bond donors (Lipinski definition) is 2. The van der Waals surface area contributed by atoms with E-state index >= 15 is 0 Å². The summed E-state index contributed by atoms with van der Waals surface area (Å²) >= 11 is 0. The van der Waals surface area contributed by atoms with Gasteiger partial charge in [0.1, 0.15) is 11.5 Å². The van der Waals surface area contributed by atoms with Crippen LogP contribution in [0.15, 0.2) is 16.5 Å². The maximum Gasteiger partial charge on any atom is 0.123 e. The van der Waals surface area contributed by atoms with Crippen LogP contribution >= 0.6 is 0 Å². The number of rotatable bonds is 4. The first-order valence-electron chi connectivity index (χ1n) is 5.53. The summed E-state index contributed by atoms with van der Waals surface area (Å²) < 4.78 is 5.62. The Kier molecular flexibility index (Phi) is 2.99. The predicted molar refractivity (Wildman–Crippen MR) is 63.5 cm³/mol. The van der Waals surface area contributed by atoms with Crippen LogP contribution in [0, 0.1) is 13.8 Å². The third kappa shape index (κ3) is 2.10. The van der Waals surface area contributed by atoms with Gasteiger partial charge in [0.25, 0.3) is 0 Å². The first-order chi connectivity index (χ1) is 7.70. The molecule has 0 atom stereocenters. The lowest BCUT2D eigenvalue weighted by Crippen LogP contribution is -1.99. The summed E-state index contributed by atoms with van der Waals surface area (Å²) in [6.07, 6.45) is 0.934. The molecule has 4 heteroatoms. The van der Waals surface area contributed by atoms with Gasteiger partial charge in [-0.15, -0.1) is 0 Å². The van der Waals surface area contributed by atoms with E-state index < -0.39 is 0 Å². The van der Waals surface area contributed by atoms with Crippen LogP contribution < -0.4 is 5.32 Å². The molecule has 2 N–H and O–H groups in total. The Morgan fingerprint density at radius 2 is 2.06 bits per heavy atom. The second-order valence-corrected chi connectivity index (χ2v) is 3.88. The van der Waals surface area contributed by atoms with Crippen molar-refractivity contribution in [1.82, 2.24) is 10.2 Å². The molecule has 0 bridgehead atoms. The minimum atomic E-state index is 0.696. The Morgan fingerprint density at radius 1 is 1.31 bits per heavy atom. The Labute approximate surface area is 95.1 Å². The topological polar surface area (TPSA) is 53.9 Å². The highest BCUT2D eigenvalue weighted by Gasteiger charge is 2.06. The fourth-order valence-electron chi connectivity index (χ4n) is 1.69. The number of H-pyrrole nitrogens is 1. The molecule has 86 valence electrons. The summed E-state index contributed by atoms with van der Waals surface area (Å²) in [5, 5.41) is 10.4. The first kappa shape index (κ1) is 10.8. The van der Waals surface area contributed by atoms with Crippen LogP contribution in [0.4, 0.5) is 5.69 Å². The lowest BCUT2D eigenvalue weighted by atomic mass is 10.3. The number of aryl methyl sites for hydroxylation is 3. The van der Waals surface area contributed by atoms with Crippen LogP contribution in [0.3, 0.4) is 0 Å². The number of hydrogen-bond acceptors (Lipinski definition) is 3. The van der Waals surface area contributed by atoms with E-state index in [2.05, 4.69) is 22.4 Å². The molecule has 2 aromatic rings. The molecule has 2 rings (SSSR count). The number of nitrogens with one attached hydrogen (secondary N) is 2. The molecule has 0 aromatic carbocycles. The van der Waals surface area contributed by atoms with Crippen molar-refractivity contribution in [2.45, 2.75) is 33.7 Å². The SMILES string of the molecule is CCc1ccc(CNc2c(C)n[nH]c2C)o1. The van der Waals surface area contributed by atoms with Gasteiger partial charge in [-0.25, -0.2) is 0 Å². The number of anilines is 1. The zero-order chi connectivity index (χ0) is 11.5. The average molecular weight is 219 g/mol. The molecular formula is C12H17N3O. The molecule has 4 nitrogen and oxygen atoms in total. The van der Waals surface area contributed by atoms with Crippen molar-refractivity contribution >= 4 is 5.69 Å². The monoisotopic (exact) mass is 219 g/mol. The van der Waals surface area contributed by atoms with Gasteiger partial charge in [0.15, 0.2) is 0 Å². The van der Waals surface area contributed by atoms with Gasteiger partial charge in [-0.3, -0.25) is 5.10 Å². The third-order valence-electron chi connectivity index (χ3n) is 2.63. The summed E-state index contributed by atoms with van der Waals surface area (Å²) in [6.45, 7) is 6.76. The zero-order valence-electron chi connectivity index (χ0n) is 9.92. The highest BCUT2D eigenvalue weighted by Crippen LogP contribution is 2.18. The van der Waals surface area contributed by atoms with Gasteiger partial charge in [0.2, 0.25) is 0 Å². The van der Waals surface area contributed by atoms with Crippen LogP contribution in [-0.4, -0.2) is 10.2 Å². The molecule has 2 aromatic heterocycles. The number of aromatic nitrogens is 2. The average Bonchev–Trinajstić information content (AvgIpc) is 2.85. The van der Waals surface area contributed by atoms with Crippen molar-refractivity contribution in [3.63, 3.8) is 0 Å². The molecule has 0 saturated heterocycles. The van der Waals surface area contributed by atoms with Crippen molar-refractivity contribution in [2.24, 2.45) is 0 Å². The standard InChI is InChI=1S/C12H17N3O/c1-4-10-5-6-11(16-10)7-13-12-8(2)14-15-9(12)3/h5-6,13H,4,7H2,1-3H3,(H,14,15). The maximum absolute atomic E-state index is 5.62. The van der Waals surface area contributed by atoms with Crippen molar-refractivity contribution < 1.29 is 4.42 Å². The van der Waals surface area contributed by atoms with E-state index in [1.807, 2.05) is 26.0 Å². The molecule has 0 unspecified atom stereocenters. The number of furan rings is 1. The predicted octanol–water partition coefficient (Wildman–Crippen LogP) is 2.79. The molecular weight excluding hydrogens is 202 g/mol. The van der Waals surface area contributed by atoms with Gasteiger partial charge < -0.3 is 9.73 Å². The van der Waals surface area contributed by atoms with Gasteiger partial charge in [-0.05, 0) is 26.0 Å². The maximum atomic E-state index is 5.62. The Balaban J connectivity index is 2.02. The molecule has 0 aliphatic rings. The second-order valence-electron chi connectivity index (χ2n) is 3.88. The molecule has 2 heterocycles. The molecule has 0 saturated carbocycles. The van der Waals surface area contributed by atoms with E-state index in [0.717, 1.165) is 35.0 Å². The summed E-state index contributed by atoms with van der Waals surface area (Å²) in [6, 6.07) is 4.03. The Morgan fingerprint density at radius 3 is 2.62 bits per heavy atom. The summed E-state index contributed by atoms with van der Waals surface area (Å²) in [7, 11) is 0. The number of aromatic amines is 1. The van der Waals surface area contributed by atoms with Crippen molar-refractivity contribution in [1.29, 1.82) is 0 Å². The van der Waals surface area contributed by atoms with Gasteiger partial charge in [-0.1, -0.05) is 6.92 Å². The van der Waals surface area contributed by atoms with E-state index in [-0.39, 0.29) is 0 Å². The lowest BCUT2D eigenvalue weighted by molar-refractivity contribution is 0.476. The normalized spacial score (nSPS) is 10.7. The molecule has 0 amide bonds. The van der Waals surface area contributed by atoms with E-state index in [4.69, 9.17) is 4.42 Å². The van der Waals surface area contributed by atoms with Gasteiger partial charge >= 0.3 is 0 Å². The van der Waals surface area contributed by atoms with Gasteiger partial charge in [0, 0.05) is 6.42 Å². The van der Waals surface area contributed by atoms with E-state index in [9.17, 15) is 0 Å². The van der Waals surface area contributed by atoms with Crippen LogP contribution in [-0.2, 0) is 13.0 Å². The Hall–Kier alpha value is -1.71. The lowest BCUT2D eigenvalue weighted by Gasteiger charge is -2.03. The fraction of sp³-hybridized carbons (Fsp3) is 0.417. The van der Waals surface area contributed by atoms with Gasteiger partial charge in [0.05, 0.1) is 23.6 Å². The summed E-state index contributed by atoms with van der Waals surface area (Å²) in [5.41, 5.74) is 3.11. The van der Waals surface area contributed by atoms with Crippen LogP contribution in [0.1, 0.15) is 29.8 Å². The van der Waals surface area contributed by atoms with Crippen molar-refractivity contribution in [3.8, 4) is 0 Å². The van der Waals surface area contributed by atoms with E-state index in [1.54, 1.807) is 0 Å². The van der Waals surface area contributed by atoms with Gasteiger partial charge in [-0.2, -0.15) is 5.10 Å². The largest absolute Gasteiger partial charge is 0.464 e. The van der Waals surface area contributed by atoms with Crippen LogP contribution in [0.5, 0.6) is 0 Å². The molecule has 0 fully saturated rings. The quantitative estimate of drug-likeness (QED) is 0.831. The fourth-order valence-corrected chi connectivity index (χ4v) is 1.69. The van der Waals surface area contributed by atoms with E-state index in [1.165, 1.54) is 0 Å². The Bertz CT molecular complexity index is 451.